The molecule has 1 amide bonds. The molecule has 0 spiro atoms. The Labute approximate surface area is 112 Å². The van der Waals surface area contributed by atoms with E-state index in [-0.39, 0.29) is 12.5 Å². The van der Waals surface area contributed by atoms with Gasteiger partial charge in [-0.05, 0) is 12.8 Å². The lowest BCUT2D eigenvalue weighted by Gasteiger charge is -2.40. The SMILES string of the molecule is CC1C(O)C(CO)OC(OCCCCC(N)=O)C1O. The number of carbonyl (C=O) groups is 1. The molecule has 1 aliphatic heterocycles. The Balaban J connectivity index is 2.33. The minimum absolute atomic E-state index is 0.297. The van der Waals surface area contributed by atoms with Crippen molar-refractivity contribution in [2.45, 2.75) is 50.8 Å². The number of rotatable bonds is 7. The van der Waals surface area contributed by atoms with Gasteiger partial charge >= 0.3 is 0 Å². The lowest BCUT2D eigenvalue weighted by molar-refractivity contribution is -0.287. The minimum Gasteiger partial charge on any atom is -0.394 e. The van der Waals surface area contributed by atoms with Crippen molar-refractivity contribution in [3.8, 4) is 0 Å². The molecule has 0 aromatic carbocycles. The molecule has 19 heavy (non-hydrogen) atoms. The zero-order valence-corrected chi connectivity index (χ0v) is 11.1. The Bertz CT molecular complexity index is 285. The van der Waals surface area contributed by atoms with E-state index in [2.05, 4.69) is 0 Å². The Kier molecular flexibility index (Phi) is 6.67. The maximum Gasteiger partial charge on any atom is 0.217 e. The largest absolute Gasteiger partial charge is 0.394 e. The number of nitrogens with two attached hydrogens (primary N) is 1. The van der Waals surface area contributed by atoms with Crippen molar-refractivity contribution in [3.63, 3.8) is 0 Å². The average Bonchev–Trinajstić information content (AvgIpc) is 2.37. The molecule has 7 heteroatoms. The molecular formula is C12H23NO6. The number of primary amides is 1. The first kappa shape index (κ1) is 16.3. The molecule has 7 nitrogen and oxygen atoms in total. The molecule has 0 aromatic heterocycles. The van der Waals surface area contributed by atoms with E-state index in [4.69, 9.17) is 20.3 Å². The molecule has 1 aliphatic rings. The number of unbranched alkanes of at least 4 members (excludes halogenated alkanes) is 1. The predicted molar refractivity (Wildman–Crippen MR) is 65.9 cm³/mol. The van der Waals surface area contributed by atoms with Gasteiger partial charge in [-0.25, -0.2) is 0 Å². The van der Waals surface area contributed by atoms with Gasteiger partial charge in [0.15, 0.2) is 6.29 Å². The summed E-state index contributed by atoms with van der Waals surface area (Å²) in [6, 6.07) is 0. The van der Waals surface area contributed by atoms with Gasteiger partial charge in [0.2, 0.25) is 5.91 Å². The first-order valence-corrected chi connectivity index (χ1v) is 6.49. The van der Waals surface area contributed by atoms with Gasteiger partial charge in [-0.3, -0.25) is 4.79 Å². The number of hydrogen-bond acceptors (Lipinski definition) is 6. The van der Waals surface area contributed by atoms with Gasteiger partial charge in [0, 0.05) is 18.9 Å². The maximum atomic E-state index is 10.5. The van der Waals surface area contributed by atoms with E-state index in [0.717, 1.165) is 0 Å². The zero-order valence-electron chi connectivity index (χ0n) is 11.1. The summed E-state index contributed by atoms with van der Waals surface area (Å²) >= 11 is 0. The molecule has 0 aromatic rings. The summed E-state index contributed by atoms with van der Waals surface area (Å²) in [6.07, 6.45) is -1.97. The average molecular weight is 277 g/mol. The number of carbonyl (C=O) groups excluding carboxylic acids is 1. The van der Waals surface area contributed by atoms with E-state index in [1.54, 1.807) is 6.92 Å². The van der Waals surface area contributed by atoms with Crippen molar-refractivity contribution in [2.75, 3.05) is 13.2 Å². The molecule has 5 atom stereocenters. The van der Waals surface area contributed by atoms with E-state index < -0.39 is 30.5 Å². The smallest absolute Gasteiger partial charge is 0.217 e. The van der Waals surface area contributed by atoms with E-state index >= 15 is 0 Å². The van der Waals surface area contributed by atoms with Crippen LogP contribution in [0.2, 0.25) is 0 Å². The van der Waals surface area contributed by atoms with Crippen LogP contribution < -0.4 is 5.73 Å². The Hall–Kier alpha value is -0.730. The van der Waals surface area contributed by atoms with Crippen LogP contribution >= 0.6 is 0 Å². The van der Waals surface area contributed by atoms with Crippen molar-refractivity contribution < 1.29 is 29.6 Å². The third kappa shape index (κ3) is 4.70. The number of hydrogen-bond donors (Lipinski definition) is 4. The molecule has 0 radical (unpaired) electrons. The highest BCUT2D eigenvalue weighted by Gasteiger charge is 2.42. The van der Waals surface area contributed by atoms with Crippen molar-refractivity contribution in [2.24, 2.45) is 11.7 Å². The lowest BCUT2D eigenvalue weighted by atomic mass is 9.91. The second-order valence-corrected chi connectivity index (χ2v) is 4.86. The van der Waals surface area contributed by atoms with Gasteiger partial charge in [0.25, 0.3) is 0 Å². The molecule has 1 fully saturated rings. The van der Waals surface area contributed by atoms with E-state index in [0.29, 0.717) is 25.9 Å². The summed E-state index contributed by atoms with van der Waals surface area (Å²) in [5, 5.41) is 28.7. The standard InChI is InChI=1S/C12H23NO6/c1-7-10(16)8(6-14)19-12(11(7)17)18-5-3-2-4-9(13)15/h7-8,10-12,14,16-17H,2-6H2,1H3,(H2,13,15). The highest BCUT2D eigenvalue weighted by atomic mass is 16.7. The Morgan fingerprint density at radius 2 is 2.00 bits per heavy atom. The first-order chi connectivity index (χ1) is 8.97. The first-order valence-electron chi connectivity index (χ1n) is 6.49. The quantitative estimate of drug-likeness (QED) is 0.431. The number of amides is 1. The fourth-order valence-corrected chi connectivity index (χ4v) is 2.01. The van der Waals surface area contributed by atoms with Gasteiger partial charge in [-0.2, -0.15) is 0 Å². The molecule has 0 saturated carbocycles. The maximum absolute atomic E-state index is 10.5. The molecule has 0 bridgehead atoms. The summed E-state index contributed by atoms with van der Waals surface area (Å²) < 4.78 is 10.7. The lowest BCUT2D eigenvalue weighted by Crippen LogP contribution is -2.55. The molecule has 0 aliphatic carbocycles. The van der Waals surface area contributed by atoms with Crippen LogP contribution in [0.1, 0.15) is 26.2 Å². The van der Waals surface area contributed by atoms with Crippen LogP contribution in [0.4, 0.5) is 0 Å². The normalized spacial score (nSPS) is 35.3. The van der Waals surface area contributed by atoms with Crippen LogP contribution in [0.5, 0.6) is 0 Å². The molecule has 5 unspecified atom stereocenters. The fourth-order valence-electron chi connectivity index (χ4n) is 2.01. The van der Waals surface area contributed by atoms with Crippen LogP contribution in [-0.4, -0.2) is 59.0 Å². The summed E-state index contributed by atoms with van der Waals surface area (Å²) in [7, 11) is 0. The Morgan fingerprint density at radius 1 is 1.32 bits per heavy atom. The van der Waals surface area contributed by atoms with Crippen LogP contribution in [0, 0.1) is 5.92 Å². The second kappa shape index (κ2) is 7.76. The molecule has 1 heterocycles. The molecule has 1 rings (SSSR count). The number of ether oxygens (including phenoxy) is 2. The zero-order chi connectivity index (χ0) is 14.4. The minimum atomic E-state index is -0.950. The van der Waals surface area contributed by atoms with Crippen LogP contribution in [-0.2, 0) is 14.3 Å². The third-order valence-corrected chi connectivity index (χ3v) is 3.33. The molecule has 5 N–H and O–H groups in total. The van der Waals surface area contributed by atoms with Crippen molar-refractivity contribution in [3.05, 3.63) is 0 Å². The van der Waals surface area contributed by atoms with Crippen molar-refractivity contribution >= 4 is 5.91 Å². The molecule has 1 saturated heterocycles. The highest BCUT2D eigenvalue weighted by molar-refractivity contribution is 5.73. The van der Waals surface area contributed by atoms with Crippen molar-refractivity contribution in [1.29, 1.82) is 0 Å². The predicted octanol–water partition coefficient (Wildman–Crippen LogP) is -1.27. The number of aliphatic hydroxyl groups is 3. The summed E-state index contributed by atoms with van der Waals surface area (Å²) in [6.45, 7) is 1.65. The molecule has 112 valence electrons. The van der Waals surface area contributed by atoms with Crippen molar-refractivity contribution in [1.82, 2.24) is 0 Å². The molecular weight excluding hydrogens is 254 g/mol. The fraction of sp³-hybridized carbons (Fsp3) is 0.917. The van der Waals surface area contributed by atoms with Crippen LogP contribution in [0.25, 0.3) is 0 Å². The Morgan fingerprint density at radius 3 is 2.58 bits per heavy atom. The highest BCUT2D eigenvalue weighted by Crippen LogP contribution is 2.26. The van der Waals surface area contributed by atoms with E-state index in [1.165, 1.54) is 0 Å². The monoisotopic (exact) mass is 277 g/mol. The topological polar surface area (TPSA) is 122 Å². The summed E-state index contributed by atoms with van der Waals surface area (Å²) in [5.41, 5.74) is 5.01. The van der Waals surface area contributed by atoms with Crippen LogP contribution in [0.15, 0.2) is 0 Å². The van der Waals surface area contributed by atoms with E-state index in [1.807, 2.05) is 0 Å². The second-order valence-electron chi connectivity index (χ2n) is 4.86. The van der Waals surface area contributed by atoms with Gasteiger partial charge in [-0.1, -0.05) is 6.92 Å². The van der Waals surface area contributed by atoms with Crippen LogP contribution in [0.3, 0.4) is 0 Å². The van der Waals surface area contributed by atoms with Gasteiger partial charge in [-0.15, -0.1) is 0 Å². The van der Waals surface area contributed by atoms with E-state index in [9.17, 15) is 15.0 Å². The number of aliphatic hydroxyl groups excluding tert-OH is 3. The van der Waals surface area contributed by atoms with Gasteiger partial charge in [0.05, 0.1) is 12.7 Å². The third-order valence-electron chi connectivity index (χ3n) is 3.33. The summed E-state index contributed by atoms with van der Waals surface area (Å²) in [4.78, 5) is 10.5. The van der Waals surface area contributed by atoms with Gasteiger partial charge < -0.3 is 30.5 Å². The summed E-state index contributed by atoms with van der Waals surface area (Å²) in [5.74, 6) is -0.799. The van der Waals surface area contributed by atoms with Gasteiger partial charge in [0.1, 0.15) is 12.2 Å².